The van der Waals surface area contributed by atoms with Crippen LogP contribution >= 0.6 is 0 Å². The fraction of sp³-hybridized carbons (Fsp3) is 0. The second-order valence-corrected chi connectivity index (χ2v) is 19.5. The van der Waals surface area contributed by atoms with Crippen molar-refractivity contribution in [2.75, 3.05) is 0 Å². The number of nitrogens with zero attached hydrogens (tertiary/aromatic N) is 5. The van der Waals surface area contributed by atoms with Gasteiger partial charge in [-0.2, -0.15) is 9.97 Å². The molecule has 0 saturated heterocycles. The molecule has 76 heavy (non-hydrogen) atoms. The molecule has 0 bridgehead atoms. The first kappa shape index (κ1) is 42.2. The summed E-state index contributed by atoms with van der Waals surface area (Å²) >= 11 is 0. The van der Waals surface area contributed by atoms with E-state index in [4.69, 9.17) is 23.8 Å². The SMILES string of the molecule is c1ccc(-c2nc(-c3ccc4c(c3)oc3ccccc34)nc(-n3c4ccc(-n5c6ccccc6c6ccccc65)cc4c4cccc(-c5cccc(-c6cccc(-c7cccc8c7oc7ccccc78)c6)c5)c43)n2)cc1. The lowest BCUT2D eigenvalue weighted by atomic mass is 9.95. The van der Waals surface area contributed by atoms with Crippen LogP contribution in [-0.4, -0.2) is 24.1 Å². The highest BCUT2D eigenvalue weighted by Crippen LogP contribution is 2.43. The normalized spacial score (nSPS) is 11.9. The van der Waals surface area contributed by atoms with Crippen LogP contribution < -0.4 is 0 Å². The summed E-state index contributed by atoms with van der Waals surface area (Å²) < 4.78 is 17.6. The molecule has 5 aromatic heterocycles. The van der Waals surface area contributed by atoms with E-state index in [1.165, 1.54) is 10.8 Å². The van der Waals surface area contributed by atoms with E-state index in [-0.39, 0.29) is 0 Å². The van der Waals surface area contributed by atoms with Crippen molar-refractivity contribution in [3.05, 3.63) is 249 Å². The topological polar surface area (TPSA) is 74.8 Å². The van der Waals surface area contributed by atoms with E-state index in [1.54, 1.807) is 0 Å². The van der Waals surface area contributed by atoms with Gasteiger partial charge in [-0.25, -0.2) is 4.98 Å². The molecule has 0 unspecified atom stereocenters. The predicted octanol–water partition coefficient (Wildman–Crippen LogP) is 18.2. The van der Waals surface area contributed by atoms with Crippen LogP contribution in [0.15, 0.2) is 258 Å². The van der Waals surface area contributed by atoms with E-state index < -0.39 is 0 Å². The van der Waals surface area contributed by atoms with Gasteiger partial charge in [0.15, 0.2) is 11.6 Å². The number of aromatic nitrogens is 5. The number of para-hydroxylation sites is 6. The average molecular weight is 972 g/mol. The van der Waals surface area contributed by atoms with Crippen molar-refractivity contribution in [2.45, 2.75) is 0 Å². The molecule has 0 spiro atoms. The summed E-state index contributed by atoms with van der Waals surface area (Å²) in [5.74, 6) is 1.62. The Hall–Kier alpha value is -10.4. The second kappa shape index (κ2) is 16.6. The fourth-order valence-corrected chi connectivity index (χ4v) is 11.7. The molecule has 354 valence electrons. The van der Waals surface area contributed by atoms with Crippen LogP contribution in [0.4, 0.5) is 0 Å². The van der Waals surface area contributed by atoms with E-state index in [1.807, 2.05) is 48.5 Å². The van der Waals surface area contributed by atoms with E-state index in [0.717, 1.165) is 127 Å². The van der Waals surface area contributed by atoms with E-state index in [2.05, 4.69) is 209 Å². The Kier molecular flexibility index (Phi) is 9.20. The summed E-state index contributed by atoms with van der Waals surface area (Å²) in [6.45, 7) is 0. The van der Waals surface area contributed by atoms with Gasteiger partial charge in [-0.05, 0) is 89.0 Å². The highest BCUT2D eigenvalue weighted by Gasteiger charge is 2.23. The predicted molar refractivity (Wildman–Crippen MR) is 310 cm³/mol. The van der Waals surface area contributed by atoms with Gasteiger partial charge in [0, 0.05) is 71.0 Å². The lowest BCUT2D eigenvalue weighted by Gasteiger charge is -2.14. The smallest absolute Gasteiger partial charge is 0.238 e. The zero-order chi connectivity index (χ0) is 49.8. The maximum absolute atomic E-state index is 6.51. The number of hydrogen-bond donors (Lipinski definition) is 0. The minimum absolute atomic E-state index is 0.509. The Morgan fingerprint density at radius 1 is 0.276 bits per heavy atom. The highest BCUT2D eigenvalue weighted by atomic mass is 16.3. The molecule has 0 N–H and O–H groups in total. The molecule has 0 aliphatic carbocycles. The molecular formula is C69H41N5O2. The average Bonchev–Trinajstić information content (AvgIpc) is 4.32. The molecule has 0 amide bonds. The van der Waals surface area contributed by atoms with E-state index >= 15 is 0 Å². The third-order valence-corrected chi connectivity index (χ3v) is 15.2. The molecule has 5 heterocycles. The number of fused-ring (bicyclic) bond motifs is 12. The number of furan rings is 2. The van der Waals surface area contributed by atoms with Crippen molar-refractivity contribution in [3.63, 3.8) is 0 Å². The summed E-state index contributed by atoms with van der Waals surface area (Å²) in [6, 6.07) is 87.6. The first-order chi connectivity index (χ1) is 37.7. The van der Waals surface area contributed by atoms with Gasteiger partial charge in [-0.15, -0.1) is 0 Å². The first-order valence-electron chi connectivity index (χ1n) is 25.6. The largest absolute Gasteiger partial charge is 0.456 e. The third kappa shape index (κ3) is 6.52. The van der Waals surface area contributed by atoms with Crippen molar-refractivity contribution < 1.29 is 8.83 Å². The Morgan fingerprint density at radius 3 is 1.54 bits per heavy atom. The lowest BCUT2D eigenvalue weighted by Crippen LogP contribution is -2.07. The Bertz CT molecular complexity index is 4970. The zero-order valence-electron chi connectivity index (χ0n) is 40.7. The molecule has 16 aromatic rings. The molecule has 0 radical (unpaired) electrons. The lowest BCUT2D eigenvalue weighted by molar-refractivity contribution is 0.669. The second-order valence-electron chi connectivity index (χ2n) is 19.5. The molecule has 0 atom stereocenters. The van der Waals surface area contributed by atoms with Gasteiger partial charge in [-0.3, -0.25) is 4.57 Å². The van der Waals surface area contributed by atoms with Gasteiger partial charge < -0.3 is 13.4 Å². The van der Waals surface area contributed by atoms with Crippen molar-refractivity contribution in [1.82, 2.24) is 24.1 Å². The summed E-state index contributed by atoms with van der Waals surface area (Å²) in [5, 5.41) is 8.92. The van der Waals surface area contributed by atoms with Gasteiger partial charge in [0.1, 0.15) is 22.3 Å². The van der Waals surface area contributed by atoms with Gasteiger partial charge >= 0.3 is 0 Å². The molecule has 0 saturated carbocycles. The van der Waals surface area contributed by atoms with Crippen molar-refractivity contribution in [1.29, 1.82) is 0 Å². The summed E-state index contributed by atoms with van der Waals surface area (Å²) in [5.41, 5.74) is 16.9. The highest BCUT2D eigenvalue weighted by molar-refractivity contribution is 6.16. The molecule has 0 aliphatic heterocycles. The first-order valence-corrected chi connectivity index (χ1v) is 25.6. The Labute approximate surface area is 434 Å². The molecule has 16 rings (SSSR count). The Morgan fingerprint density at radius 2 is 0.803 bits per heavy atom. The molecule has 11 aromatic carbocycles. The van der Waals surface area contributed by atoms with Crippen molar-refractivity contribution >= 4 is 87.5 Å². The maximum atomic E-state index is 6.51. The summed E-state index contributed by atoms with van der Waals surface area (Å²) in [6.07, 6.45) is 0. The minimum Gasteiger partial charge on any atom is -0.456 e. The standard InChI is InChI=1S/C69H41N5O2/c1-2-16-42(17-3-1)67-70-68(47-34-36-55-53-24-6-10-32-62(53)75-64(55)40-47)72-69(71-67)74-61-37-35-48(73-59-30-8-4-22-51(59)52-23-5-9-31-60(52)73)41-58(61)56-28-14-26-49(65(56)74)45-20-12-18-43(38-45)44-19-13-21-46(39-44)50-27-15-29-57-54-25-7-11-33-63(54)76-66(50)57/h1-41H. The fourth-order valence-electron chi connectivity index (χ4n) is 11.7. The van der Waals surface area contributed by atoms with Crippen molar-refractivity contribution in [3.8, 4) is 67.8 Å². The van der Waals surface area contributed by atoms with Gasteiger partial charge in [-0.1, -0.05) is 182 Å². The van der Waals surface area contributed by atoms with E-state index in [9.17, 15) is 0 Å². The van der Waals surface area contributed by atoms with Gasteiger partial charge in [0.05, 0.1) is 22.1 Å². The van der Waals surface area contributed by atoms with Gasteiger partial charge in [0.2, 0.25) is 5.95 Å². The molecule has 7 heteroatoms. The molecule has 0 aliphatic rings. The molecular weight excluding hydrogens is 931 g/mol. The number of benzene rings is 11. The monoisotopic (exact) mass is 971 g/mol. The van der Waals surface area contributed by atoms with E-state index in [0.29, 0.717) is 17.6 Å². The third-order valence-electron chi connectivity index (χ3n) is 15.2. The van der Waals surface area contributed by atoms with Crippen LogP contribution in [0.3, 0.4) is 0 Å². The van der Waals surface area contributed by atoms with Crippen molar-refractivity contribution in [2.24, 2.45) is 0 Å². The summed E-state index contributed by atoms with van der Waals surface area (Å²) in [4.78, 5) is 16.1. The minimum atomic E-state index is 0.509. The van der Waals surface area contributed by atoms with Crippen LogP contribution in [0.1, 0.15) is 0 Å². The number of rotatable bonds is 7. The molecule has 0 fully saturated rings. The quantitative estimate of drug-likeness (QED) is 0.159. The van der Waals surface area contributed by atoms with Crippen LogP contribution in [0.5, 0.6) is 0 Å². The Balaban J connectivity index is 0.924. The van der Waals surface area contributed by atoms with Crippen LogP contribution in [-0.2, 0) is 0 Å². The number of hydrogen-bond acceptors (Lipinski definition) is 5. The molecule has 7 nitrogen and oxygen atoms in total. The van der Waals surface area contributed by atoms with Crippen LogP contribution in [0, 0.1) is 0 Å². The maximum Gasteiger partial charge on any atom is 0.238 e. The van der Waals surface area contributed by atoms with Crippen LogP contribution in [0.2, 0.25) is 0 Å². The summed E-state index contributed by atoms with van der Waals surface area (Å²) in [7, 11) is 0. The van der Waals surface area contributed by atoms with Gasteiger partial charge in [0.25, 0.3) is 0 Å². The van der Waals surface area contributed by atoms with Crippen LogP contribution in [0.25, 0.3) is 155 Å². The zero-order valence-corrected chi connectivity index (χ0v) is 40.7.